The third-order valence-electron chi connectivity index (χ3n) is 4.51. The van der Waals surface area contributed by atoms with Crippen LogP contribution in [0.3, 0.4) is 0 Å². The number of carbonyl (C=O) groups excluding carboxylic acids is 1. The fourth-order valence-electron chi connectivity index (χ4n) is 3.04. The van der Waals surface area contributed by atoms with Gasteiger partial charge >= 0.3 is 0 Å². The van der Waals surface area contributed by atoms with Crippen LogP contribution in [0.25, 0.3) is 0 Å². The van der Waals surface area contributed by atoms with Crippen molar-refractivity contribution in [2.24, 2.45) is 11.1 Å². The van der Waals surface area contributed by atoms with Crippen LogP contribution in [0.4, 0.5) is 4.39 Å². The quantitative estimate of drug-likeness (QED) is 0.850. The van der Waals surface area contributed by atoms with Gasteiger partial charge in [0.2, 0.25) is 5.91 Å². The maximum absolute atomic E-state index is 13.7. The summed E-state index contributed by atoms with van der Waals surface area (Å²) in [5, 5.41) is 2.88. The summed E-state index contributed by atoms with van der Waals surface area (Å²) in [5.41, 5.74) is 6.48. The first-order chi connectivity index (χ1) is 11.1. The van der Waals surface area contributed by atoms with E-state index in [9.17, 15) is 9.18 Å². The Kier molecular flexibility index (Phi) is 6.40. The molecule has 3 N–H and O–H groups in total. The molecule has 0 unspecified atom stereocenters. The van der Waals surface area contributed by atoms with Gasteiger partial charge in [-0.15, -0.1) is 12.4 Å². The number of carbonyl (C=O) groups is 1. The van der Waals surface area contributed by atoms with Crippen LogP contribution in [0.2, 0.25) is 0 Å². The van der Waals surface area contributed by atoms with E-state index in [1.807, 2.05) is 0 Å². The summed E-state index contributed by atoms with van der Waals surface area (Å²) < 4.78 is 29.6. The topological polar surface area (TPSA) is 82.8 Å². The van der Waals surface area contributed by atoms with Crippen LogP contribution in [0.1, 0.15) is 24.0 Å². The zero-order valence-corrected chi connectivity index (χ0v) is 14.1. The standard InChI is InChI=1S/C16H21FN2O4.ClH/c17-13-5-11(14-12(6-13)8-22-10-23-14)7-19-15(20)16(9-18)1-3-21-4-2-16;/h5-6H,1-4,7-10,18H2,(H,19,20);1H. The predicted octanol–water partition coefficient (Wildman–Crippen LogP) is 1.49. The van der Waals surface area contributed by atoms with E-state index in [1.54, 1.807) is 0 Å². The molecule has 6 nitrogen and oxygen atoms in total. The number of ether oxygens (including phenoxy) is 3. The van der Waals surface area contributed by atoms with Gasteiger partial charge in [-0.05, 0) is 25.0 Å². The van der Waals surface area contributed by atoms with Gasteiger partial charge in [0.1, 0.15) is 11.6 Å². The Labute approximate surface area is 146 Å². The van der Waals surface area contributed by atoms with Crippen LogP contribution >= 0.6 is 12.4 Å². The number of nitrogens with two attached hydrogens (primary N) is 1. The average molecular weight is 361 g/mol. The predicted molar refractivity (Wildman–Crippen MR) is 87.3 cm³/mol. The Hall–Kier alpha value is -1.41. The highest BCUT2D eigenvalue weighted by Gasteiger charge is 2.38. The molecule has 8 heteroatoms. The van der Waals surface area contributed by atoms with Crippen LogP contribution in [0, 0.1) is 11.2 Å². The van der Waals surface area contributed by atoms with Crippen molar-refractivity contribution in [1.29, 1.82) is 0 Å². The van der Waals surface area contributed by atoms with Gasteiger partial charge < -0.3 is 25.3 Å². The number of amides is 1. The van der Waals surface area contributed by atoms with Crippen LogP contribution in [0.5, 0.6) is 5.75 Å². The van der Waals surface area contributed by atoms with Crippen molar-refractivity contribution in [3.63, 3.8) is 0 Å². The van der Waals surface area contributed by atoms with E-state index < -0.39 is 5.41 Å². The molecule has 2 heterocycles. The second-order valence-corrected chi connectivity index (χ2v) is 5.94. The van der Waals surface area contributed by atoms with Crippen molar-refractivity contribution in [3.8, 4) is 5.75 Å². The largest absolute Gasteiger partial charge is 0.467 e. The first-order valence-electron chi connectivity index (χ1n) is 7.72. The zero-order valence-electron chi connectivity index (χ0n) is 13.3. The minimum absolute atomic E-state index is 0. The molecule has 1 saturated heterocycles. The van der Waals surface area contributed by atoms with Crippen molar-refractivity contribution in [3.05, 3.63) is 29.1 Å². The third kappa shape index (κ3) is 3.80. The van der Waals surface area contributed by atoms with E-state index in [0.29, 0.717) is 49.5 Å². The lowest BCUT2D eigenvalue weighted by molar-refractivity contribution is -0.136. The normalized spacial score (nSPS) is 18.8. The number of hydrogen-bond donors (Lipinski definition) is 2. The number of fused-ring (bicyclic) bond motifs is 1. The summed E-state index contributed by atoms with van der Waals surface area (Å²) in [6, 6.07) is 2.77. The van der Waals surface area contributed by atoms with E-state index in [4.69, 9.17) is 19.9 Å². The highest BCUT2D eigenvalue weighted by atomic mass is 35.5. The Balaban J connectivity index is 0.00000208. The zero-order chi connectivity index (χ0) is 16.3. The highest BCUT2D eigenvalue weighted by Crippen LogP contribution is 2.31. The summed E-state index contributed by atoms with van der Waals surface area (Å²) in [5.74, 6) is 0.0989. The fraction of sp³-hybridized carbons (Fsp3) is 0.562. The molecule has 2 aliphatic rings. The van der Waals surface area contributed by atoms with E-state index >= 15 is 0 Å². The second kappa shape index (κ2) is 8.11. The summed E-state index contributed by atoms with van der Waals surface area (Å²) in [4.78, 5) is 12.6. The van der Waals surface area contributed by atoms with E-state index in [-0.39, 0.29) is 44.0 Å². The molecule has 0 bridgehead atoms. The Morgan fingerprint density at radius 1 is 1.29 bits per heavy atom. The van der Waals surface area contributed by atoms with Crippen LogP contribution in [-0.2, 0) is 27.4 Å². The molecule has 0 aliphatic carbocycles. The first-order valence-corrected chi connectivity index (χ1v) is 7.72. The van der Waals surface area contributed by atoms with Gasteiger partial charge in [0.05, 0.1) is 12.0 Å². The monoisotopic (exact) mass is 360 g/mol. The van der Waals surface area contributed by atoms with Crippen molar-refractivity contribution in [1.82, 2.24) is 5.32 Å². The maximum Gasteiger partial charge on any atom is 0.227 e. The molecule has 24 heavy (non-hydrogen) atoms. The lowest BCUT2D eigenvalue weighted by Gasteiger charge is -2.34. The van der Waals surface area contributed by atoms with Crippen molar-refractivity contribution < 1.29 is 23.4 Å². The molecule has 0 saturated carbocycles. The molecule has 0 radical (unpaired) electrons. The third-order valence-corrected chi connectivity index (χ3v) is 4.51. The SMILES string of the molecule is Cl.NCC1(C(=O)NCc2cc(F)cc3c2OCOC3)CCOCC1. The number of benzene rings is 1. The van der Waals surface area contributed by atoms with Gasteiger partial charge in [-0.2, -0.15) is 0 Å². The lowest BCUT2D eigenvalue weighted by Crippen LogP contribution is -2.49. The summed E-state index contributed by atoms with van der Waals surface area (Å²) >= 11 is 0. The van der Waals surface area contributed by atoms with Crippen molar-refractivity contribution in [2.75, 3.05) is 26.6 Å². The fourth-order valence-corrected chi connectivity index (χ4v) is 3.04. The molecule has 0 spiro atoms. The molecule has 1 aromatic carbocycles. The lowest BCUT2D eigenvalue weighted by atomic mass is 9.79. The summed E-state index contributed by atoms with van der Waals surface area (Å²) in [6.07, 6.45) is 1.20. The Morgan fingerprint density at radius 3 is 2.75 bits per heavy atom. The molecule has 134 valence electrons. The van der Waals surface area contributed by atoms with Gasteiger partial charge in [-0.3, -0.25) is 4.79 Å². The van der Waals surface area contributed by atoms with Gasteiger partial charge in [0, 0.05) is 37.4 Å². The van der Waals surface area contributed by atoms with Crippen molar-refractivity contribution >= 4 is 18.3 Å². The molecular formula is C16H22ClFN2O4. The maximum atomic E-state index is 13.7. The number of nitrogens with one attached hydrogen (secondary N) is 1. The van der Waals surface area contributed by atoms with Crippen LogP contribution < -0.4 is 15.8 Å². The minimum atomic E-state index is -0.602. The van der Waals surface area contributed by atoms with Gasteiger partial charge in [0.25, 0.3) is 0 Å². The van der Waals surface area contributed by atoms with Crippen LogP contribution in [0.15, 0.2) is 12.1 Å². The molecule has 3 rings (SSSR count). The highest BCUT2D eigenvalue weighted by molar-refractivity contribution is 5.85. The van der Waals surface area contributed by atoms with Crippen molar-refractivity contribution in [2.45, 2.75) is 26.0 Å². The molecule has 1 amide bonds. The van der Waals surface area contributed by atoms with E-state index in [1.165, 1.54) is 12.1 Å². The van der Waals surface area contributed by atoms with E-state index in [2.05, 4.69) is 5.32 Å². The Morgan fingerprint density at radius 2 is 2.04 bits per heavy atom. The number of rotatable bonds is 4. The minimum Gasteiger partial charge on any atom is -0.467 e. The smallest absolute Gasteiger partial charge is 0.227 e. The first kappa shape index (κ1) is 18.9. The molecule has 0 aromatic heterocycles. The number of hydrogen-bond acceptors (Lipinski definition) is 5. The van der Waals surface area contributed by atoms with Gasteiger partial charge in [-0.25, -0.2) is 4.39 Å². The second-order valence-electron chi connectivity index (χ2n) is 5.94. The van der Waals surface area contributed by atoms with Crippen LogP contribution in [-0.4, -0.2) is 32.5 Å². The van der Waals surface area contributed by atoms with E-state index in [0.717, 1.165) is 0 Å². The molecule has 0 atom stereocenters. The molecule has 1 fully saturated rings. The summed E-state index contributed by atoms with van der Waals surface area (Å²) in [7, 11) is 0. The van der Waals surface area contributed by atoms with Gasteiger partial charge in [-0.1, -0.05) is 0 Å². The average Bonchev–Trinajstić information content (AvgIpc) is 2.59. The summed E-state index contributed by atoms with van der Waals surface area (Å²) in [6.45, 7) is 1.96. The van der Waals surface area contributed by atoms with Gasteiger partial charge in [0.15, 0.2) is 6.79 Å². The Bertz CT molecular complexity index is 594. The number of halogens is 2. The molecule has 1 aromatic rings. The molecule has 2 aliphatic heterocycles. The molecular weight excluding hydrogens is 339 g/mol.